The number of anilines is 1. The Labute approximate surface area is 105 Å². The van der Waals surface area contributed by atoms with Crippen LogP contribution >= 0.6 is 11.5 Å². The molecule has 1 unspecified atom stereocenters. The van der Waals surface area contributed by atoms with Gasteiger partial charge in [-0.2, -0.15) is 0 Å². The van der Waals surface area contributed by atoms with Crippen LogP contribution in [0.2, 0.25) is 0 Å². The van der Waals surface area contributed by atoms with E-state index in [1.165, 1.54) is 11.5 Å². The molecule has 0 bridgehead atoms. The predicted molar refractivity (Wildman–Crippen MR) is 69.6 cm³/mol. The SMILES string of the molecule is CCOc1ccccc1C(C)Nc1cnns1. The molecule has 0 spiro atoms. The van der Waals surface area contributed by atoms with Crippen molar-refractivity contribution in [2.45, 2.75) is 19.9 Å². The van der Waals surface area contributed by atoms with Gasteiger partial charge in [-0.05, 0) is 19.9 Å². The van der Waals surface area contributed by atoms with Crippen molar-refractivity contribution in [1.82, 2.24) is 9.59 Å². The molecule has 90 valence electrons. The van der Waals surface area contributed by atoms with Gasteiger partial charge in [-0.1, -0.05) is 22.7 Å². The lowest BCUT2D eigenvalue weighted by atomic mass is 10.1. The average Bonchev–Trinajstić information content (AvgIpc) is 2.83. The van der Waals surface area contributed by atoms with Crippen LogP contribution in [0.15, 0.2) is 30.5 Å². The quantitative estimate of drug-likeness (QED) is 0.884. The molecule has 2 aromatic rings. The third-order valence-electron chi connectivity index (χ3n) is 2.41. The van der Waals surface area contributed by atoms with E-state index in [-0.39, 0.29) is 6.04 Å². The van der Waals surface area contributed by atoms with Gasteiger partial charge < -0.3 is 10.1 Å². The van der Waals surface area contributed by atoms with Gasteiger partial charge in [-0.15, -0.1) is 5.10 Å². The van der Waals surface area contributed by atoms with Crippen LogP contribution in [-0.2, 0) is 0 Å². The van der Waals surface area contributed by atoms with Crippen LogP contribution in [0.3, 0.4) is 0 Å². The number of rotatable bonds is 5. The van der Waals surface area contributed by atoms with E-state index in [1.807, 2.05) is 25.1 Å². The minimum absolute atomic E-state index is 0.167. The van der Waals surface area contributed by atoms with Crippen molar-refractivity contribution in [3.63, 3.8) is 0 Å². The van der Waals surface area contributed by atoms with E-state index in [9.17, 15) is 0 Å². The predicted octanol–water partition coefficient (Wildman–Crippen LogP) is 3.11. The van der Waals surface area contributed by atoms with Crippen molar-refractivity contribution < 1.29 is 4.74 Å². The Morgan fingerprint density at radius 1 is 1.41 bits per heavy atom. The number of nitrogens with one attached hydrogen (secondary N) is 1. The molecule has 0 aliphatic carbocycles. The molecule has 2 rings (SSSR count). The second-order valence-electron chi connectivity index (χ2n) is 3.62. The summed E-state index contributed by atoms with van der Waals surface area (Å²) in [5.41, 5.74) is 1.14. The first-order chi connectivity index (χ1) is 8.31. The average molecular weight is 249 g/mol. The van der Waals surface area contributed by atoms with Crippen molar-refractivity contribution >= 4 is 16.5 Å². The zero-order chi connectivity index (χ0) is 12.1. The Morgan fingerprint density at radius 2 is 2.24 bits per heavy atom. The van der Waals surface area contributed by atoms with Gasteiger partial charge in [0.05, 0.1) is 18.8 Å². The molecular formula is C12H15N3OS. The Bertz CT molecular complexity index is 459. The number of hydrogen-bond acceptors (Lipinski definition) is 5. The van der Waals surface area contributed by atoms with E-state index in [2.05, 4.69) is 27.9 Å². The van der Waals surface area contributed by atoms with Gasteiger partial charge in [0.2, 0.25) is 0 Å². The molecule has 0 saturated heterocycles. The van der Waals surface area contributed by atoms with Gasteiger partial charge in [0.15, 0.2) is 0 Å². The largest absolute Gasteiger partial charge is 0.494 e. The van der Waals surface area contributed by atoms with Gasteiger partial charge in [-0.3, -0.25) is 0 Å². The smallest absolute Gasteiger partial charge is 0.130 e. The maximum Gasteiger partial charge on any atom is 0.130 e. The minimum Gasteiger partial charge on any atom is -0.494 e. The second kappa shape index (κ2) is 5.63. The molecule has 4 nitrogen and oxygen atoms in total. The fourth-order valence-corrected chi connectivity index (χ4v) is 2.15. The lowest BCUT2D eigenvalue weighted by molar-refractivity contribution is 0.335. The molecule has 0 amide bonds. The van der Waals surface area contributed by atoms with Crippen LogP contribution in [0.25, 0.3) is 0 Å². The molecule has 1 heterocycles. The molecule has 0 aliphatic rings. The number of aromatic nitrogens is 2. The summed E-state index contributed by atoms with van der Waals surface area (Å²) in [6.07, 6.45) is 1.73. The summed E-state index contributed by atoms with van der Waals surface area (Å²) < 4.78 is 9.44. The molecule has 0 fully saturated rings. The second-order valence-corrected chi connectivity index (χ2v) is 4.40. The van der Waals surface area contributed by atoms with Crippen molar-refractivity contribution in [1.29, 1.82) is 0 Å². The van der Waals surface area contributed by atoms with E-state index >= 15 is 0 Å². The molecular weight excluding hydrogens is 234 g/mol. The van der Waals surface area contributed by atoms with Crippen molar-refractivity contribution in [3.8, 4) is 5.75 Å². The zero-order valence-electron chi connectivity index (χ0n) is 9.88. The van der Waals surface area contributed by atoms with E-state index < -0.39 is 0 Å². The molecule has 0 aliphatic heterocycles. The highest BCUT2D eigenvalue weighted by Gasteiger charge is 2.11. The summed E-state index contributed by atoms with van der Waals surface area (Å²) in [5, 5.41) is 8.11. The number of para-hydroxylation sites is 1. The van der Waals surface area contributed by atoms with E-state index in [0.717, 1.165) is 16.3 Å². The highest BCUT2D eigenvalue weighted by atomic mass is 32.1. The molecule has 1 N–H and O–H groups in total. The fraction of sp³-hybridized carbons (Fsp3) is 0.333. The Hall–Kier alpha value is -1.62. The summed E-state index contributed by atoms with van der Waals surface area (Å²) in [6, 6.07) is 8.22. The first kappa shape index (κ1) is 11.9. The highest BCUT2D eigenvalue weighted by Crippen LogP contribution is 2.28. The Morgan fingerprint density at radius 3 is 2.94 bits per heavy atom. The highest BCUT2D eigenvalue weighted by molar-refractivity contribution is 7.09. The maximum atomic E-state index is 5.61. The summed E-state index contributed by atoms with van der Waals surface area (Å²) in [6.45, 7) is 4.76. The molecule has 0 saturated carbocycles. The maximum absolute atomic E-state index is 5.61. The van der Waals surface area contributed by atoms with E-state index in [0.29, 0.717) is 6.61 Å². The summed E-state index contributed by atoms with van der Waals surface area (Å²) in [4.78, 5) is 0. The van der Waals surface area contributed by atoms with Gasteiger partial charge in [0.25, 0.3) is 0 Å². The number of benzene rings is 1. The van der Waals surface area contributed by atoms with Gasteiger partial charge >= 0.3 is 0 Å². The molecule has 1 aromatic heterocycles. The van der Waals surface area contributed by atoms with E-state index in [4.69, 9.17) is 4.74 Å². The molecule has 17 heavy (non-hydrogen) atoms. The number of hydrogen-bond donors (Lipinski definition) is 1. The van der Waals surface area contributed by atoms with Crippen LogP contribution in [0.5, 0.6) is 5.75 Å². The summed E-state index contributed by atoms with van der Waals surface area (Å²) >= 11 is 1.35. The van der Waals surface area contributed by atoms with Crippen LogP contribution < -0.4 is 10.1 Å². The molecule has 0 radical (unpaired) electrons. The Balaban J connectivity index is 2.15. The first-order valence-corrected chi connectivity index (χ1v) is 6.34. The summed E-state index contributed by atoms with van der Waals surface area (Å²) in [5.74, 6) is 0.924. The zero-order valence-corrected chi connectivity index (χ0v) is 10.7. The first-order valence-electron chi connectivity index (χ1n) is 5.57. The van der Waals surface area contributed by atoms with Gasteiger partial charge in [0, 0.05) is 17.1 Å². The minimum atomic E-state index is 0.167. The van der Waals surface area contributed by atoms with Crippen LogP contribution in [0.4, 0.5) is 5.00 Å². The lowest BCUT2D eigenvalue weighted by Crippen LogP contribution is -2.08. The van der Waals surface area contributed by atoms with Crippen LogP contribution in [0.1, 0.15) is 25.5 Å². The van der Waals surface area contributed by atoms with Crippen molar-refractivity contribution in [3.05, 3.63) is 36.0 Å². The standard InChI is InChI=1S/C12H15N3OS/c1-3-16-11-7-5-4-6-10(11)9(2)14-12-8-13-15-17-12/h4-9,14H,3H2,1-2H3. The van der Waals surface area contributed by atoms with Crippen LogP contribution in [0, 0.1) is 0 Å². The lowest BCUT2D eigenvalue weighted by Gasteiger charge is -2.17. The van der Waals surface area contributed by atoms with E-state index in [1.54, 1.807) is 6.20 Å². The topological polar surface area (TPSA) is 47.0 Å². The fourth-order valence-electron chi connectivity index (χ4n) is 1.65. The monoisotopic (exact) mass is 249 g/mol. The molecule has 5 heteroatoms. The van der Waals surface area contributed by atoms with Gasteiger partial charge in [-0.25, -0.2) is 0 Å². The molecule has 1 aromatic carbocycles. The molecule has 1 atom stereocenters. The number of nitrogens with zero attached hydrogens (tertiary/aromatic N) is 2. The third-order valence-corrected chi connectivity index (χ3v) is 3.00. The van der Waals surface area contributed by atoms with Gasteiger partial charge in [0.1, 0.15) is 10.8 Å². The van der Waals surface area contributed by atoms with Crippen LogP contribution in [-0.4, -0.2) is 16.2 Å². The summed E-state index contributed by atoms with van der Waals surface area (Å²) in [7, 11) is 0. The Kier molecular flexibility index (Phi) is 3.93. The number of ether oxygens (including phenoxy) is 1. The third kappa shape index (κ3) is 2.94. The van der Waals surface area contributed by atoms with Crippen molar-refractivity contribution in [2.24, 2.45) is 0 Å². The normalized spacial score (nSPS) is 12.1. The van der Waals surface area contributed by atoms with Crippen molar-refractivity contribution in [2.75, 3.05) is 11.9 Å².